The van der Waals surface area contributed by atoms with Crippen LogP contribution in [-0.4, -0.2) is 42.1 Å². The highest BCUT2D eigenvalue weighted by Gasteiger charge is 2.42. The molecule has 0 atom stereocenters. The van der Waals surface area contributed by atoms with Crippen LogP contribution in [0.4, 0.5) is 30.7 Å². The molecule has 1 aromatic carbocycles. The highest BCUT2D eigenvalue weighted by atomic mass is 19.4. The van der Waals surface area contributed by atoms with Crippen molar-refractivity contribution in [2.24, 2.45) is 0 Å². The summed E-state index contributed by atoms with van der Waals surface area (Å²) in [5.74, 6) is -0.567. The van der Waals surface area contributed by atoms with Crippen LogP contribution >= 0.6 is 0 Å². The summed E-state index contributed by atoms with van der Waals surface area (Å²) in [5, 5.41) is 2.46. The van der Waals surface area contributed by atoms with Gasteiger partial charge in [0.2, 0.25) is 5.76 Å². The van der Waals surface area contributed by atoms with E-state index in [1.165, 1.54) is 11.8 Å². The lowest BCUT2D eigenvalue weighted by molar-refractivity contribution is -0.141. The van der Waals surface area contributed by atoms with Gasteiger partial charge in [0.25, 0.3) is 11.9 Å². The lowest BCUT2D eigenvalue weighted by Crippen LogP contribution is -2.33. The molecular weight excluding hydrogens is 459 g/mol. The van der Waals surface area contributed by atoms with E-state index in [-0.39, 0.29) is 11.7 Å². The first-order valence-electron chi connectivity index (χ1n) is 11.8. The molecule has 5 rings (SSSR count). The Labute approximate surface area is 201 Å². The number of benzene rings is 1. The Morgan fingerprint density at radius 3 is 2.31 bits per heavy atom. The molecule has 3 aromatic rings. The standard InChI is InChI=1S/C25H26F3N5O2/c26-25(27,28)22-21(35-24(31-22)33-12-4-5-13-33)23(34)30-19-8-9-20(29-16-19)32-14-10-18(11-15-32)17-6-2-1-3-7-17/h1-3,6-9,16,18H,4-5,10-15H2,(H,30,34). The minimum absolute atomic E-state index is 0.174. The van der Waals surface area contributed by atoms with Crippen LogP contribution in [-0.2, 0) is 6.18 Å². The second kappa shape index (κ2) is 9.59. The van der Waals surface area contributed by atoms with E-state index in [0.717, 1.165) is 44.6 Å². The molecule has 7 nitrogen and oxygen atoms in total. The fourth-order valence-electron chi connectivity index (χ4n) is 4.70. The molecule has 0 spiro atoms. The first kappa shape index (κ1) is 23.2. The van der Waals surface area contributed by atoms with Gasteiger partial charge in [-0.2, -0.15) is 18.2 Å². The molecule has 2 aliphatic heterocycles. The van der Waals surface area contributed by atoms with Crippen LogP contribution < -0.4 is 15.1 Å². The van der Waals surface area contributed by atoms with Crippen LogP contribution in [0.15, 0.2) is 53.1 Å². The molecule has 2 saturated heterocycles. The van der Waals surface area contributed by atoms with Crippen LogP contribution in [0, 0.1) is 0 Å². The number of alkyl halides is 3. The minimum atomic E-state index is -4.80. The summed E-state index contributed by atoms with van der Waals surface area (Å²) in [7, 11) is 0. The zero-order chi connectivity index (χ0) is 24.4. The van der Waals surface area contributed by atoms with E-state index in [0.29, 0.717) is 19.0 Å². The summed E-state index contributed by atoms with van der Waals surface area (Å²) in [6, 6.07) is 13.7. The van der Waals surface area contributed by atoms with Crippen molar-refractivity contribution < 1.29 is 22.4 Å². The van der Waals surface area contributed by atoms with Crippen LogP contribution in [0.25, 0.3) is 0 Å². The fraction of sp³-hybridized carbons (Fsp3) is 0.400. The van der Waals surface area contributed by atoms with E-state index >= 15 is 0 Å². The molecule has 4 heterocycles. The fourth-order valence-corrected chi connectivity index (χ4v) is 4.70. The van der Waals surface area contributed by atoms with Gasteiger partial charge in [-0.05, 0) is 49.3 Å². The maximum atomic E-state index is 13.5. The highest BCUT2D eigenvalue weighted by molar-refractivity contribution is 6.03. The average Bonchev–Trinajstić information content (AvgIpc) is 3.56. The Morgan fingerprint density at radius 1 is 0.971 bits per heavy atom. The molecule has 0 saturated carbocycles. The third kappa shape index (κ3) is 5.11. The van der Waals surface area contributed by atoms with E-state index in [4.69, 9.17) is 4.42 Å². The second-order valence-corrected chi connectivity index (χ2v) is 8.90. The molecule has 0 unspecified atom stereocenters. The Kier molecular flexibility index (Phi) is 6.36. The van der Waals surface area contributed by atoms with Gasteiger partial charge >= 0.3 is 6.18 Å². The summed E-state index contributed by atoms with van der Waals surface area (Å²) in [4.78, 5) is 24.5. The van der Waals surface area contributed by atoms with Crippen molar-refractivity contribution in [2.45, 2.75) is 37.8 Å². The van der Waals surface area contributed by atoms with Crippen molar-refractivity contribution in [3.63, 3.8) is 0 Å². The van der Waals surface area contributed by atoms with Gasteiger partial charge in [-0.1, -0.05) is 30.3 Å². The number of halogens is 3. The smallest absolute Gasteiger partial charge is 0.417 e. The number of hydrogen-bond donors (Lipinski definition) is 1. The number of rotatable bonds is 5. The number of nitrogens with zero attached hydrogens (tertiary/aromatic N) is 4. The second-order valence-electron chi connectivity index (χ2n) is 8.90. The summed E-state index contributed by atoms with van der Waals surface area (Å²) < 4.78 is 45.8. The van der Waals surface area contributed by atoms with E-state index in [1.807, 2.05) is 6.07 Å². The molecule has 1 N–H and O–H groups in total. The largest absolute Gasteiger partial charge is 0.437 e. The molecule has 1 amide bonds. The van der Waals surface area contributed by atoms with E-state index in [9.17, 15) is 18.0 Å². The van der Waals surface area contributed by atoms with Crippen LogP contribution in [0.1, 0.15) is 53.4 Å². The van der Waals surface area contributed by atoms with E-state index in [2.05, 4.69) is 44.5 Å². The summed E-state index contributed by atoms with van der Waals surface area (Å²) >= 11 is 0. The number of piperidine rings is 1. The average molecular weight is 486 g/mol. The molecule has 184 valence electrons. The minimum Gasteiger partial charge on any atom is -0.417 e. The Balaban J connectivity index is 1.24. The van der Waals surface area contributed by atoms with Crippen molar-refractivity contribution in [1.82, 2.24) is 9.97 Å². The number of oxazole rings is 1. The lowest BCUT2D eigenvalue weighted by atomic mass is 9.89. The number of anilines is 3. The number of pyridine rings is 1. The number of nitrogens with one attached hydrogen (secondary N) is 1. The maximum absolute atomic E-state index is 13.5. The lowest BCUT2D eigenvalue weighted by Gasteiger charge is -2.33. The van der Waals surface area contributed by atoms with Crippen LogP contribution in [0.5, 0.6) is 0 Å². The third-order valence-corrected chi connectivity index (χ3v) is 6.56. The summed E-state index contributed by atoms with van der Waals surface area (Å²) in [6.07, 6.45) is 0.342. The zero-order valence-corrected chi connectivity index (χ0v) is 19.1. The third-order valence-electron chi connectivity index (χ3n) is 6.56. The van der Waals surface area contributed by atoms with Crippen LogP contribution in [0.2, 0.25) is 0 Å². The molecule has 2 aromatic heterocycles. The van der Waals surface area contributed by atoms with E-state index < -0.39 is 23.5 Å². The van der Waals surface area contributed by atoms with Crippen molar-refractivity contribution in [2.75, 3.05) is 41.3 Å². The normalized spacial score (nSPS) is 17.1. The van der Waals surface area contributed by atoms with Gasteiger partial charge in [0.1, 0.15) is 5.82 Å². The predicted molar refractivity (Wildman–Crippen MR) is 126 cm³/mol. The van der Waals surface area contributed by atoms with Crippen molar-refractivity contribution in [3.05, 3.63) is 65.7 Å². The van der Waals surface area contributed by atoms with Crippen molar-refractivity contribution >= 4 is 23.4 Å². The van der Waals surface area contributed by atoms with Gasteiger partial charge in [-0.3, -0.25) is 4.79 Å². The Bertz CT molecular complexity index is 1150. The summed E-state index contributed by atoms with van der Waals surface area (Å²) in [6.45, 7) is 2.80. The van der Waals surface area contributed by atoms with Gasteiger partial charge in [0.15, 0.2) is 5.69 Å². The monoisotopic (exact) mass is 485 g/mol. The number of carbonyl (C=O) groups excluding carboxylic acids is 1. The highest BCUT2D eigenvalue weighted by Crippen LogP contribution is 2.35. The molecule has 2 aliphatic rings. The molecule has 35 heavy (non-hydrogen) atoms. The number of carbonyl (C=O) groups is 1. The quantitative estimate of drug-likeness (QED) is 0.527. The molecule has 0 aliphatic carbocycles. The van der Waals surface area contributed by atoms with Gasteiger partial charge in [-0.25, -0.2) is 4.98 Å². The first-order chi connectivity index (χ1) is 16.9. The molecule has 0 radical (unpaired) electrons. The van der Waals surface area contributed by atoms with Gasteiger partial charge < -0.3 is 19.5 Å². The Morgan fingerprint density at radius 2 is 1.69 bits per heavy atom. The van der Waals surface area contributed by atoms with Crippen molar-refractivity contribution in [1.29, 1.82) is 0 Å². The number of amides is 1. The van der Waals surface area contributed by atoms with Crippen LogP contribution in [0.3, 0.4) is 0 Å². The molecular formula is C25H26F3N5O2. The SMILES string of the molecule is O=C(Nc1ccc(N2CCC(c3ccccc3)CC2)nc1)c1oc(N2CCCC2)nc1C(F)(F)F. The molecule has 2 fully saturated rings. The molecule has 10 heteroatoms. The van der Waals surface area contributed by atoms with Crippen molar-refractivity contribution in [3.8, 4) is 0 Å². The Hall–Kier alpha value is -3.56. The maximum Gasteiger partial charge on any atom is 0.437 e. The number of aromatic nitrogens is 2. The zero-order valence-electron chi connectivity index (χ0n) is 19.1. The summed E-state index contributed by atoms with van der Waals surface area (Å²) in [5.41, 5.74) is 0.310. The first-order valence-corrected chi connectivity index (χ1v) is 11.8. The van der Waals surface area contributed by atoms with Gasteiger partial charge in [-0.15, -0.1) is 0 Å². The molecule has 0 bridgehead atoms. The van der Waals surface area contributed by atoms with E-state index in [1.54, 1.807) is 17.0 Å². The topological polar surface area (TPSA) is 74.5 Å². The van der Waals surface area contributed by atoms with Gasteiger partial charge in [0, 0.05) is 26.2 Å². The predicted octanol–water partition coefficient (Wildman–Crippen LogP) is 5.32. The van der Waals surface area contributed by atoms with Gasteiger partial charge in [0.05, 0.1) is 11.9 Å². The number of hydrogen-bond acceptors (Lipinski definition) is 6.